The number of nitrogens with one attached hydrogen (secondary N) is 1. The molecule has 2 N–H and O–H groups in total. The third-order valence-corrected chi connectivity index (χ3v) is 3.98. The highest BCUT2D eigenvalue weighted by Crippen LogP contribution is 2.28. The van der Waals surface area contributed by atoms with Crippen molar-refractivity contribution in [1.82, 2.24) is 0 Å². The molecule has 20 heavy (non-hydrogen) atoms. The molecule has 0 fully saturated rings. The van der Waals surface area contributed by atoms with E-state index in [1.165, 1.54) is 3.57 Å². The average Bonchev–Trinajstić information content (AvgIpc) is 2.46. The number of aromatic hydroxyl groups is 1. The Labute approximate surface area is 131 Å². The first kappa shape index (κ1) is 13.2. The summed E-state index contributed by atoms with van der Waals surface area (Å²) >= 11 is 2.29. The van der Waals surface area contributed by atoms with Gasteiger partial charge in [0.05, 0.1) is 0 Å². The number of phenolic OH excluding ortho intramolecular Hbond substituents is 1. The van der Waals surface area contributed by atoms with Gasteiger partial charge < -0.3 is 10.4 Å². The van der Waals surface area contributed by atoms with Crippen LogP contribution in [0.5, 0.6) is 5.75 Å². The van der Waals surface area contributed by atoms with Crippen LogP contribution in [-0.2, 0) is 6.54 Å². The lowest BCUT2D eigenvalue weighted by atomic mass is 10.0. The Hall–Kier alpha value is -1.75. The Morgan fingerprint density at radius 1 is 0.950 bits per heavy atom. The van der Waals surface area contributed by atoms with E-state index in [-0.39, 0.29) is 0 Å². The van der Waals surface area contributed by atoms with E-state index in [0.29, 0.717) is 12.3 Å². The second kappa shape index (κ2) is 5.71. The highest BCUT2D eigenvalue weighted by Gasteiger charge is 2.06. The van der Waals surface area contributed by atoms with E-state index < -0.39 is 0 Å². The summed E-state index contributed by atoms with van der Waals surface area (Å²) in [6, 6.07) is 20.0. The molecule has 0 spiro atoms. The SMILES string of the molecule is Oc1ccc2ccccc2c1CNc1cccc(I)c1. The number of fused-ring (bicyclic) bond motifs is 1. The minimum Gasteiger partial charge on any atom is -0.508 e. The summed E-state index contributed by atoms with van der Waals surface area (Å²) in [5.41, 5.74) is 1.99. The summed E-state index contributed by atoms with van der Waals surface area (Å²) in [6.07, 6.45) is 0. The quantitative estimate of drug-likeness (QED) is 0.647. The van der Waals surface area contributed by atoms with Crippen molar-refractivity contribution < 1.29 is 5.11 Å². The lowest BCUT2D eigenvalue weighted by Crippen LogP contribution is -2.00. The van der Waals surface area contributed by atoms with Gasteiger partial charge in [-0.05, 0) is 57.6 Å². The molecule has 3 aromatic carbocycles. The fourth-order valence-corrected chi connectivity index (χ4v) is 2.84. The van der Waals surface area contributed by atoms with Crippen LogP contribution < -0.4 is 5.32 Å². The van der Waals surface area contributed by atoms with Crippen molar-refractivity contribution in [3.05, 3.63) is 69.8 Å². The van der Waals surface area contributed by atoms with E-state index in [1.54, 1.807) is 6.07 Å². The maximum atomic E-state index is 10.1. The van der Waals surface area contributed by atoms with Crippen LogP contribution in [0.2, 0.25) is 0 Å². The Morgan fingerprint density at radius 2 is 1.80 bits per heavy atom. The molecule has 0 aromatic heterocycles. The smallest absolute Gasteiger partial charge is 0.121 e. The Bertz CT molecular complexity index is 755. The third-order valence-electron chi connectivity index (χ3n) is 3.31. The zero-order valence-corrected chi connectivity index (χ0v) is 13.0. The summed E-state index contributed by atoms with van der Waals surface area (Å²) in [7, 11) is 0. The van der Waals surface area contributed by atoms with Crippen LogP contribution in [0, 0.1) is 3.57 Å². The number of benzene rings is 3. The lowest BCUT2D eigenvalue weighted by molar-refractivity contribution is 0.470. The zero-order chi connectivity index (χ0) is 13.9. The molecule has 100 valence electrons. The molecule has 0 heterocycles. The highest BCUT2D eigenvalue weighted by molar-refractivity contribution is 14.1. The van der Waals surface area contributed by atoms with Gasteiger partial charge in [-0.1, -0.05) is 36.4 Å². The van der Waals surface area contributed by atoms with Crippen LogP contribution in [0.1, 0.15) is 5.56 Å². The monoisotopic (exact) mass is 375 g/mol. The molecule has 0 bridgehead atoms. The number of halogens is 1. The molecular weight excluding hydrogens is 361 g/mol. The lowest BCUT2D eigenvalue weighted by Gasteiger charge is -2.11. The predicted molar refractivity (Wildman–Crippen MR) is 92.1 cm³/mol. The second-order valence-electron chi connectivity index (χ2n) is 4.65. The minimum absolute atomic E-state index is 0.335. The summed E-state index contributed by atoms with van der Waals surface area (Å²) < 4.78 is 1.19. The Morgan fingerprint density at radius 3 is 2.65 bits per heavy atom. The van der Waals surface area contributed by atoms with Crippen molar-refractivity contribution in [2.75, 3.05) is 5.32 Å². The van der Waals surface area contributed by atoms with Crippen LogP contribution in [-0.4, -0.2) is 5.11 Å². The van der Waals surface area contributed by atoms with E-state index in [0.717, 1.165) is 22.0 Å². The maximum Gasteiger partial charge on any atom is 0.121 e. The Kier molecular flexibility index (Phi) is 3.78. The molecule has 3 heteroatoms. The van der Waals surface area contributed by atoms with Crippen LogP contribution in [0.4, 0.5) is 5.69 Å². The molecule has 0 radical (unpaired) electrons. The van der Waals surface area contributed by atoms with Gasteiger partial charge in [-0.2, -0.15) is 0 Å². The topological polar surface area (TPSA) is 32.3 Å². The molecule has 0 atom stereocenters. The first-order chi connectivity index (χ1) is 9.74. The Balaban J connectivity index is 1.92. The molecular formula is C17H14INO. The first-order valence-corrected chi connectivity index (χ1v) is 7.51. The van der Waals surface area contributed by atoms with Crippen LogP contribution in [0.15, 0.2) is 60.7 Å². The van der Waals surface area contributed by atoms with Crippen molar-refractivity contribution in [2.45, 2.75) is 6.54 Å². The van der Waals surface area contributed by atoms with Crippen molar-refractivity contribution in [3.63, 3.8) is 0 Å². The number of hydrogen-bond acceptors (Lipinski definition) is 2. The molecule has 0 unspecified atom stereocenters. The van der Waals surface area contributed by atoms with Crippen LogP contribution in [0.3, 0.4) is 0 Å². The predicted octanol–water partition coefficient (Wildman–Crippen LogP) is 4.76. The maximum absolute atomic E-state index is 10.1. The van der Waals surface area contributed by atoms with E-state index in [4.69, 9.17) is 0 Å². The van der Waals surface area contributed by atoms with E-state index in [1.807, 2.05) is 36.4 Å². The van der Waals surface area contributed by atoms with E-state index in [9.17, 15) is 5.11 Å². The van der Waals surface area contributed by atoms with Gasteiger partial charge in [-0.3, -0.25) is 0 Å². The third kappa shape index (κ3) is 2.72. The van der Waals surface area contributed by atoms with Gasteiger partial charge in [0.25, 0.3) is 0 Å². The molecule has 0 aliphatic heterocycles. The number of hydrogen-bond donors (Lipinski definition) is 2. The van der Waals surface area contributed by atoms with Gasteiger partial charge in [-0.25, -0.2) is 0 Å². The van der Waals surface area contributed by atoms with E-state index in [2.05, 4.69) is 46.1 Å². The van der Waals surface area contributed by atoms with Gasteiger partial charge in [0.15, 0.2) is 0 Å². The van der Waals surface area contributed by atoms with Crippen molar-refractivity contribution >= 4 is 39.1 Å². The largest absolute Gasteiger partial charge is 0.508 e. The number of anilines is 1. The molecule has 0 saturated carbocycles. The van der Waals surface area contributed by atoms with Crippen LogP contribution >= 0.6 is 22.6 Å². The molecule has 3 aromatic rings. The number of rotatable bonds is 3. The summed E-state index contributed by atoms with van der Waals surface area (Å²) in [6.45, 7) is 0.604. The number of phenols is 1. The molecule has 0 saturated heterocycles. The molecule has 3 rings (SSSR count). The normalized spacial score (nSPS) is 10.7. The fraction of sp³-hybridized carbons (Fsp3) is 0.0588. The molecule has 2 nitrogen and oxygen atoms in total. The standard InChI is InChI=1S/C17H14INO/c18-13-5-3-6-14(10-13)19-11-16-15-7-2-1-4-12(15)8-9-17(16)20/h1-10,19-20H,11H2. The van der Waals surface area contributed by atoms with Crippen LogP contribution in [0.25, 0.3) is 10.8 Å². The van der Waals surface area contributed by atoms with Gasteiger partial charge in [0.2, 0.25) is 0 Å². The zero-order valence-electron chi connectivity index (χ0n) is 10.8. The van der Waals surface area contributed by atoms with Gasteiger partial charge >= 0.3 is 0 Å². The fourth-order valence-electron chi connectivity index (χ4n) is 2.30. The van der Waals surface area contributed by atoms with Crippen molar-refractivity contribution in [1.29, 1.82) is 0 Å². The summed E-state index contributed by atoms with van der Waals surface area (Å²) in [5, 5.41) is 15.7. The summed E-state index contributed by atoms with van der Waals surface area (Å²) in [4.78, 5) is 0. The molecule has 0 aliphatic rings. The average molecular weight is 375 g/mol. The second-order valence-corrected chi connectivity index (χ2v) is 5.89. The minimum atomic E-state index is 0.335. The highest BCUT2D eigenvalue weighted by atomic mass is 127. The van der Waals surface area contributed by atoms with Crippen molar-refractivity contribution in [3.8, 4) is 5.75 Å². The molecule has 0 aliphatic carbocycles. The van der Waals surface area contributed by atoms with Gasteiger partial charge in [0.1, 0.15) is 5.75 Å². The van der Waals surface area contributed by atoms with Gasteiger partial charge in [0, 0.05) is 21.4 Å². The molecule has 0 amide bonds. The van der Waals surface area contributed by atoms with Crippen molar-refractivity contribution in [2.24, 2.45) is 0 Å². The van der Waals surface area contributed by atoms with Gasteiger partial charge in [-0.15, -0.1) is 0 Å². The first-order valence-electron chi connectivity index (χ1n) is 6.43. The van der Waals surface area contributed by atoms with E-state index >= 15 is 0 Å². The summed E-state index contributed by atoms with van der Waals surface area (Å²) in [5.74, 6) is 0.335.